The monoisotopic (exact) mass is 374 g/mol. The Bertz CT molecular complexity index is 1020. The Morgan fingerprint density at radius 1 is 0.345 bits per heavy atom. The summed E-state index contributed by atoms with van der Waals surface area (Å²) in [5, 5.41) is 2.64. The molecule has 0 bridgehead atoms. The Morgan fingerprint density at radius 2 is 0.724 bits per heavy atom. The summed E-state index contributed by atoms with van der Waals surface area (Å²) in [6, 6.07) is 47.7. The van der Waals surface area contributed by atoms with Crippen LogP contribution in [-0.2, 0) is 0 Å². The van der Waals surface area contributed by atoms with E-state index in [0.29, 0.717) is 0 Å². The minimum Gasteiger partial charge on any atom is -0.0623 e. The average Bonchev–Trinajstić information content (AvgIpc) is 2.82. The van der Waals surface area contributed by atoms with E-state index in [1.807, 2.05) is 48.5 Å². The molecule has 0 heteroatoms. The summed E-state index contributed by atoms with van der Waals surface area (Å²) >= 11 is 0. The fourth-order valence-corrected chi connectivity index (χ4v) is 2.95. The van der Waals surface area contributed by atoms with Gasteiger partial charge in [-0.15, -0.1) is 0 Å². The van der Waals surface area contributed by atoms with Crippen molar-refractivity contribution >= 4 is 10.8 Å². The van der Waals surface area contributed by atoms with Gasteiger partial charge in [-0.2, -0.15) is 0 Å². The third-order valence-corrected chi connectivity index (χ3v) is 4.45. The van der Waals surface area contributed by atoms with Crippen LogP contribution in [0.4, 0.5) is 0 Å². The Morgan fingerprint density at radius 3 is 1.21 bits per heavy atom. The van der Waals surface area contributed by atoms with Crippen LogP contribution >= 0.6 is 0 Å². The molecular weight excluding hydrogens is 348 g/mol. The standard InChI is InChI=1S/C12H10.C11H10.C6H6/c1-3-7-11(8-4-1)12-9-5-2-6-10-12;1-9-6-7-10-4-2-3-5-11(10)8-9;1-2-4-6-5-3-1/h1-10H;2-8H,1H3;1-6H. The molecule has 0 heterocycles. The van der Waals surface area contributed by atoms with Gasteiger partial charge in [0.2, 0.25) is 0 Å². The summed E-state index contributed by atoms with van der Waals surface area (Å²) < 4.78 is 0. The van der Waals surface area contributed by atoms with Crippen LogP contribution in [-0.4, -0.2) is 0 Å². The van der Waals surface area contributed by atoms with E-state index in [-0.39, 0.29) is 0 Å². The van der Waals surface area contributed by atoms with Gasteiger partial charge in [-0.25, -0.2) is 0 Å². The van der Waals surface area contributed by atoms with E-state index >= 15 is 0 Å². The number of fused-ring (bicyclic) bond motifs is 1. The van der Waals surface area contributed by atoms with Gasteiger partial charge in [0, 0.05) is 0 Å². The van der Waals surface area contributed by atoms with Crippen molar-refractivity contribution in [2.75, 3.05) is 0 Å². The van der Waals surface area contributed by atoms with E-state index in [1.54, 1.807) is 0 Å². The number of benzene rings is 5. The average molecular weight is 375 g/mol. The highest BCUT2D eigenvalue weighted by molar-refractivity contribution is 5.82. The highest BCUT2D eigenvalue weighted by atomic mass is 14.0. The SMILES string of the molecule is Cc1ccc2ccccc2c1.c1ccc(-c2ccccc2)cc1.c1ccccc1. The summed E-state index contributed by atoms with van der Waals surface area (Å²) in [5.74, 6) is 0. The zero-order valence-electron chi connectivity index (χ0n) is 16.8. The Hall–Kier alpha value is -3.64. The molecule has 5 aromatic carbocycles. The van der Waals surface area contributed by atoms with Crippen molar-refractivity contribution in [3.63, 3.8) is 0 Å². The van der Waals surface area contributed by atoms with Crippen LogP contribution in [0.5, 0.6) is 0 Å². The van der Waals surface area contributed by atoms with Gasteiger partial charge in [-0.1, -0.05) is 145 Å². The topological polar surface area (TPSA) is 0 Å². The number of hydrogen-bond donors (Lipinski definition) is 0. The maximum Gasteiger partial charge on any atom is -0.0181 e. The molecule has 0 N–H and O–H groups in total. The Balaban J connectivity index is 0.000000131. The Labute approximate surface area is 174 Å². The van der Waals surface area contributed by atoms with Gasteiger partial charge in [-0.05, 0) is 28.8 Å². The minimum absolute atomic E-state index is 1.28. The fraction of sp³-hybridized carbons (Fsp3) is 0.0345. The largest absolute Gasteiger partial charge is 0.0623 e. The lowest BCUT2D eigenvalue weighted by atomic mass is 10.1. The fourth-order valence-electron chi connectivity index (χ4n) is 2.95. The first kappa shape index (κ1) is 20.1. The van der Waals surface area contributed by atoms with Gasteiger partial charge in [0.15, 0.2) is 0 Å². The van der Waals surface area contributed by atoms with Crippen molar-refractivity contribution in [3.8, 4) is 11.1 Å². The third kappa shape index (κ3) is 6.79. The summed E-state index contributed by atoms with van der Waals surface area (Å²) in [6.45, 7) is 2.12. The zero-order valence-corrected chi connectivity index (χ0v) is 16.8. The van der Waals surface area contributed by atoms with Crippen LogP contribution in [0.3, 0.4) is 0 Å². The maximum atomic E-state index is 2.20. The maximum absolute atomic E-state index is 2.20. The number of aryl methyl sites for hydroxylation is 1. The van der Waals surface area contributed by atoms with E-state index in [0.717, 1.165) is 0 Å². The van der Waals surface area contributed by atoms with Gasteiger partial charge in [0.25, 0.3) is 0 Å². The molecule has 0 amide bonds. The number of rotatable bonds is 1. The number of hydrogen-bond acceptors (Lipinski definition) is 0. The van der Waals surface area contributed by atoms with Crippen molar-refractivity contribution in [2.45, 2.75) is 6.92 Å². The predicted octanol–water partition coefficient (Wildman–Crippen LogP) is 8.19. The minimum atomic E-state index is 1.28. The molecule has 0 fully saturated rings. The molecule has 0 radical (unpaired) electrons. The second-order valence-electron chi connectivity index (χ2n) is 6.74. The van der Waals surface area contributed by atoms with E-state index in [1.165, 1.54) is 27.5 Å². The van der Waals surface area contributed by atoms with Crippen molar-refractivity contribution in [1.82, 2.24) is 0 Å². The molecule has 5 rings (SSSR count). The molecule has 0 aliphatic heterocycles. The van der Waals surface area contributed by atoms with Crippen molar-refractivity contribution in [3.05, 3.63) is 145 Å². The lowest BCUT2D eigenvalue weighted by molar-refractivity contribution is 1.51. The molecular formula is C29H26. The molecule has 0 aliphatic carbocycles. The van der Waals surface area contributed by atoms with Crippen LogP contribution in [0.15, 0.2) is 140 Å². The van der Waals surface area contributed by atoms with Crippen LogP contribution in [0.25, 0.3) is 21.9 Å². The van der Waals surface area contributed by atoms with E-state index in [9.17, 15) is 0 Å². The molecule has 5 aromatic rings. The highest BCUT2D eigenvalue weighted by Crippen LogP contribution is 2.17. The van der Waals surface area contributed by atoms with Crippen molar-refractivity contribution in [2.24, 2.45) is 0 Å². The van der Waals surface area contributed by atoms with E-state index in [2.05, 4.69) is 97.9 Å². The smallest absolute Gasteiger partial charge is 0.0181 e. The van der Waals surface area contributed by atoms with Crippen LogP contribution in [0.2, 0.25) is 0 Å². The second-order valence-corrected chi connectivity index (χ2v) is 6.74. The molecule has 0 nitrogen and oxygen atoms in total. The molecule has 0 saturated heterocycles. The van der Waals surface area contributed by atoms with Gasteiger partial charge >= 0.3 is 0 Å². The van der Waals surface area contributed by atoms with E-state index < -0.39 is 0 Å². The summed E-state index contributed by atoms with van der Waals surface area (Å²) in [4.78, 5) is 0. The van der Waals surface area contributed by atoms with E-state index in [4.69, 9.17) is 0 Å². The highest BCUT2D eigenvalue weighted by Gasteiger charge is 1.92. The first-order valence-electron chi connectivity index (χ1n) is 9.89. The normalized spacial score (nSPS) is 9.55. The summed E-state index contributed by atoms with van der Waals surface area (Å²) in [6.07, 6.45) is 0. The molecule has 29 heavy (non-hydrogen) atoms. The lowest BCUT2D eigenvalue weighted by Gasteiger charge is -1.98. The zero-order chi connectivity index (χ0) is 20.2. The quantitative estimate of drug-likeness (QED) is 0.277. The molecule has 0 aromatic heterocycles. The molecule has 142 valence electrons. The first-order chi connectivity index (χ1) is 14.3. The van der Waals surface area contributed by atoms with Crippen molar-refractivity contribution < 1.29 is 0 Å². The van der Waals surface area contributed by atoms with Crippen LogP contribution in [0, 0.1) is 6.92 Å². The van der Waals surface area contributed by atoms with Crippen LogP contribution < -0.4 is 0 Å². The molecule has 0 atom stereocenters. The van der Waals surface area contributed by atoms with Gasteiger partial charge in [0.05, 0.1) is 0 Å². The van der Waals surface area contributed by atoms with Gasteiger partial charge in [0.1, 0.15) is 0 Å². The van der Waals surface area contributed by atoms with Crippen LogP contribution in [0.1, 0.15) is 5.56 Å². The summed E-state index contributed by atoms with van der Waals surface area (Å²) in [5.41, 5.74) is 3.87. The molecule has 0 spiro atoms. The molecule has 0 unspecified atom stereocenters. The molecule has 0 aliphatic rings. The Kier molecular flexibility index (Phi) is 7.81. The predicted molar refractivity (Wildman–Crippen MR) is 127 cm³/mol. The third-order valence-electron chi connectivity index (χ3n) is 4.45. The van der Waals surface area contributed by atoms with Gasteiger partial charge in [-0.3, -0.25) is 0 Å². The second kappa shape index (κ2) is 11.3. The van der Waals surface area contributed by atoms with Crippen molar-refractivity contribution in [1.29, 1.82) is 0 Å². The lowest BCUT2D eigenvalue weighted by Crippen LogP contribution is -1.73. The first-order valence-corrected chi connectivity index (χ1v) is 9.89. The van der Waals surface area contributed by atoms with Gasteiger partial charge < -0.3 is 0 Å². The summed E-state index contributed by atoms with van der Waals surface area (Å²) in [7, 11) is 0. The molecule has 0 saturated carbocycles.